The number of para-hydroxylation sites is 2. The first kappa shape index (κ1) is 17.1. The first-order valence-electron chi connectivity index (χ1n) is 9.92. The molecule has 2 aromatic heterocycles. The molecule has 0 radical (unpaired) electrons. The van der Waals surface area contributed by atoms with Crippen LogP contribution >= 0.6 is 0 Å². The van der Waals surface area contributed by atoms with Gasteiger partial charge in [-0.1, -0.05) is 24.3 Å². The SMILES string of the molecule is O=c1[nH]c2ccccc2n1C1CCN(Cc2ccc(-n3cccc3)cc2)CC1. The van der Waals surface area contributed by atoms with Crippen molar-refractivity contribution in [3.8, 4) is 5.69 Å². The molecule has 1 saturated heterocycles. The topological polar surface area (TPSA) is 46.0 Å². The van der Waals surface area contributed by atoms with Crippen LogP contribution in [0.4, 0.5) is 0 Å². The molecule has 5 rings (SSSR count). The second kappa shape index (κ2) is 7.17. The van der Waals surface area contributed by atoms with Gasteiger partial charge in [-0.15, -0.1) is 0 Å². The number of piperidine rings is 1. The van der Waals surface area contributed by atoms with E-state index in [-0.39, 0.29) is 11.7 Å². The molecule has 1 aliphatic heterocycles. The molecule has 142 valence electrons. The maximum Gasteiger partial charge on any atom is 0.326 e. The van der Waals surface area contributed by atoms with E-state index in [1.165, 1.54) is 11.3 Å². The molecular weight excluding hydrogens is 348 g/mol. The van der Waals surface area contributed by atoms with Crippen molar-refractivity contribution in [2.24, 2.45) is 0 Å². The molecule has 4 aromatic rings. The summed E-state index contributed by atoms with van der Waals surface area (Å²) >= 11 is 0. The summed E-state index contributed by atoms with van der Waals surface area (Å²) < 4.78 is 4.08. The van der Waals surface area contributed by atoms with Gasteiger partial charge in [-0.05, 0) is 54.8 Å². The first-order valence-corrected chi connectivity index (χ1v) is 9.92. The van der Waals surface area contributed by atoms with Crippen LogP contribution in [0.25, 0.3) is 16.7 Å². The summed E-state index contributed by atoms with van der Waals surface area (Å²) in [7, 11) is 0. The van der Waals surface area contributed by atoms with Crippen molar-refractivity contribution in [2.45, 2.75) is 25.4 Å². The van der Waals surface area contributed by atoms with E-state index in [0.29, 0.717) is 0 Å². The van der Waals surface area contributed by atoms with Gasteiger partial charge < -0.3 is 9.55 Å². The zero-order chi connectivity index (χ0) is 18.9. The highest BCUT2D eigenvalue weighted by Crippen LogP contribution is 2.25. The lowest BCUT2D eigenvalue weighted by Gasteiger charge is -2.32. The Balaban J connectivity index is 1.25. The second-order valence-corrected chi connectivity index (χ2v) is 7.58. The molecule has 0 spiro atoms. The summed E-state index contributed by atoms with van der Waals surface area (Å²) in [5, 5.41) is 0. The molecule has 5 heteroatoms. The normalized spacial score (nSPS) is 16.0. The number of H-pyrrole nitrogens is 1. The number of aromatic amines is 1. The van der Waals surface area contributed by atoms with E-state index in [2.05, 4.69) is 51.1 Å². The summed E-state index contributed by atoms with van der Waals surface area (Å²) in [5.41, 5.74) is 4.48. The van der Waals surface area contributed by atoms with Crippen molar-refractivity contribution in [2.75, 3.05) is 13.1 Å². The minimum Gasteiger partial charge on any atom is -0.324 e. The summed E-state index contributed by atoms with van der Waals surface area (Å²) in [6.07, 6.45) is 6.13. The maximum absolute atomic E-state index is 12.4. The van der Waals surface area contributed by atoms with Gasteiger partial charge in [-0.25, -0.2) is 4.79 Å². The van der Waals surface area contributed by atoms with Crippen molar-refractivity contribution in [1.29, 1.82) is 0 Å². The third kappa shape index (κ3) is 3.18. The molecule has 0 unspecified atom stereocenters. The Bertz CT molecular complexity index is 1110. The lowest BCUT2D eigenvalue weighted by molar-refractivity contribution is 0.180. The number of rotatable bonds is 4. The lowest BCUT2D eigenvalue weighted by Crippen LogP contribution is -2.36. The number of hydrogen-bond acceptors (Lipinski definition) is 2. The van der Waals surface area contributed by atoms with Crippen molar-refractivity contribution >= 4 is 11.0 Å². The Morgan fingerprint density at radius 3 is 2.36 bits per heavy atom. The summed E-state index contributed by atoms with van der Waals surface area (Å²) in [6, 6.07) is 21.1. The Morgan fingerprint density at radius 1 is 0.893 bits per heavy atom. The molecule has 3 heterocycles. The molecule has 5 nitrogen and oxygen atoms in total. The Labute approximate surface area is 163 Å². The van der Waals surface area contributed by atoms with Crippen LogP contribution in [0.5, 0.6) is 0 Å². The molecule has 0 amide bonds. The zero-order valence-corrected chi connectivity index (χ0v) is 15.8. The van der Waals surface area contributed by atoms with Crippen LogP contribution < -0.4 is 5.69 Å². The van der Waals surface area contributed by atoms with Gasteiger partial charge in [0.15, 0.2) is 0 Å². The molecule has 2 aromatic carbocycles. The molecule has 0 saturated carbocycles. The number of likely N-dealkylation sites (tertiary alicyclic amines) is 1. The Hall–Kier alpha value is -3.05. The average Bonchev–Trinajstić information content (AvgIpc) is 3.37. The van der Waals surface area contributed by atoms with Gasteiger partial charge in [0.2, 0.25) is 0 Å². The van der Waals surface area contributed by atoms with Crippen LogP contribution in [-0.2, 0) is 6.54 Å². The molecule has 0 atom stereocenters. The van der Waals surface area contributed by atoms with Crippen LogP contribution in [0.2, 0.25) is 0 Å². The summed E-state index contributed by atoms with van der Waals surface area (Å²) in [4.78, 5) is 17.9. The molecule has 0 aliphatic carbocycles. The number of imidazole rings is 1. The zero-order valence-electron chi connectivity index (χ0n) is 15.8. The van der Waals surface area contributed by atoms with Gasteiger partial charge in [-0.3, -0.25) is 9.47 Å². The smallest absolute Gasteiger partial charge is 0.324 e. The third-order valence-electron chi connectivity index (χ3n) is 5.79. The quantitative estimate of drug-likeness (QED) is 0.589. The third-order valence-corrected chi connectivity index (χ3v) is 5.79. The van der Waals surface area contributed by atoms with Crippen molar-refractivity contribution < 1.29 is 0 Å². The minimum atomic E-state index is 0.0141. The van der Waals surface area contributed by atoms with E-state index in [1.54, 1.807) is 0 Å². The fourth-order valence-electron chi connectivity index (χ4n) is 4.31. The molecular formula is C23H24N4O. The number of nitrogens with zero attached hydrogens (tertiary/aromatic N) is 3. The number of fused-ring (bicyclic) bond motifs is 1. The molecule has 28 heavy (non-hydrogen) atoms. The van der Waals surface area contributed by atoms with Crippen LogP contribution in [-0.4, -0.2) is 32.1 Å². The highest BCUT2D eigenvalue weighted by Gasteiger charge is 2.23. The van der Waals surface area contributed by atoms with E-state index >= 15 is 0 Å². The van der Waals surface area contributed by atoms with Gasteiger partial charge in [0, 0.05) is 43.8 Å². The van der Waals surface area contributed by atoms with Gasteiger partial charge in [0.1, 0.15) is 0 Å². The number of benzene rings is 2. The first-order chi connectivity index (χ1) is 13.8. The van der Waals surface area contributed by atoms with E-state index in [0.717, 1.165) is 43.5 Å². The van der Waals surface area contributed by atoms with Crippen molar-refractivity contribution in [3.05, 3.63) is 89.1 Å². The van der Waals surface area contributed by atoms with E-state index < -0.39 is 0 Å². The van der Waals surface area contributed by atoms with E-state index in [4.69, 9.17) is 0 Å². The van der Waals surface area contributed by atoms with Crippen LogP contribution in [0, 0.1) is 0 Å². The molecule has 1 N–H and O–H groups in total. The van der Waals surface area contributed by atoms with Crippen molar-refractivity contribution in [3.63, 3.8) is 0 Å². The lowest BCUT2D eigenvalue weighted by atomic mass is 10.0. The van der Waals surface area contributed by atoms with Crippen molar-refractivity contribution in [1.82, 2.24) is 19.0 Å². The van der Waals surface area contributed by atoms with Gasteiger partial charge >= 0.3 is 5.69 Å². The Kier molecular flexibility index (Phi) is 4.37. The predicted molar refractivity (Wildman–Crippen MR) is 112 cm³/mol. The summed E-state index contributed by atoms with van der Waals surface area (Å²) in [5.74, 6) is 0. The van der Waals surface area contributed by atoms with E-state index in [1.807, 2.05) is 41.0 Å². The fourth-order valence-corrected chi connectivity index (χ4v) is 4.31. The minimum absolute atomic E-state index is 0.0141. The fraction of sp³-hybridized carbons (Fsp3) is 0.261. The molecule has 0 bridgehead atoms. The van der Waals surface area contributed by atoms with Crippen LogP contribution in [0.1, 0.15) is 24.4 Å². The van der Waals surface area contributed by atoms with Gasteiger partial charge in [-0.2, -0.15) is 0 Å². The highest BCUT2D eigenvalue weighted by atomic mass is 16.1. The molecule has 1 aliphatic rings. The largest absolute Gasteiger partial charge is 0.326 e. The van der Waals surface area contributed by atoms with E-state index in [9.17, 15) is 4.79 Å². The highest BCUT2D eigenvalue weighted by molar-refractivity contribution is 5.75. The van der Waals surface area contributed by atoms with Crippen LogP contribution in [0.3, 0.4) is 0 Å². The van der Waals surface area contributed by atoms with Crippen LogP contribution in [0.15, 0.2) is 77.9 Å². The number of aromatic nitrogens is 3. The van der Waals surface area contributed by atoms with Gasteiger partial charge in [0.05, 0.1) is 11.0 Å². The maximum atomic E-state index is 12.4. The average molecular weight is 372 g/mol. The standard InChI is InChI=1S/C23H24N4O/c28-23-24-21-5-1-2-6-22(21)27(23)20-11-15-25(16-12-20)17-18-7-9-19(10-8-18)26-13-3-4-14-26/h1-10,13-14,20H,11-12,15-17H2,(H,24,28). The Morgan fingerprint density at radius 2 is 1.61 bits per heavy atom. The number of nitrogens with one attached hydrogen (secondary N) is 1. The molecule has 1 fully saturated rings. The second-order valence-electron chi connectivity index (χ2n) is 7.58. The monoisotopic (exact) mass is 372 g/mol. The predicted octanol–water partition coefficient (Wildman–Crippen LogP) is 3.96. The number of hydrogen-bond donors (Lipinski definition) is 1. The van der Waals surface area contributed by atoms with Gasteiger partial charge in [0.25, 0.3) is 0 Å². The summed E-state index contributed by atoms with van der Waals surface area (Å²) in [6.45, 7) is 2.98.